The number of nitrogens with one attached hydrogen (secondary N) is 1. The summed E-state index contributed by atoms with van der Waals surface area (Å²) in [7, 11) is 0. The van der Waals surface area contributed by atoms with Crippen molar-refractivity contribution in [1.29, 1.82) is 0 Å². The van der Waals surface area contributed by atoms with E-state index in [1.54, 1.807) is 6.08 Å². The van der Waals surface area contributed by atoms with Crippen LogP contribution in [0.15, 0.2) is 24.3 Å². The zero-order chi connectivity index (χ0) is 16.1. The minimum atomic E-state index is -0.282. The van der Waals surface area contributed by atoms with Crippen LogP contribution in [0, 0.1) is 5.92 Å². The highest BCUT2D eigenvalue weighted by molar-refractivity contribution is 5.92. The van der Waals surface area contributed by atoms with E-state index in [1.165, 1.54) is 0 Å². The highest BCUT2D eigenvalue weighted by atomic mass is 16.6. The number of rotatable bonds is 4. The van der Waals surface area contributed by atoms with Crippen molar-refractivity contribution in [2.75, 3.05) is 32.9 Å². The molecule has 3 rings (SSSR count). The first-order valence-electron chi connectivity index (χ1n) is 8.27. The second-order valence-corrected chi connectivity index (χ2v) is 5.73. The summed E-state index contributed by atoms with van der Waals surface area (Å²) in [5.41, 5.74) is 2.04. The van der Waals surface area contributed by atoms with Crippen molar-refractivity contribution in [1.82, 2.24) is 5.32 Å². The first-order valence-corrected chi connectivity index (χ1v) is 8.27. The molecule has 0 unspecified atom stereocenters. The maximum absolute atomic E-state index is 12.0. The third-order valence-electron chi connectivity index (χ3n) is 4.21. The van der Waals surface area contributed by atoms with E-state index < -0.39 is 0 Å². The second kappa shape index (κ2) is 7.51. The Bertz CT molecular complexity index is 591. The van der Waals surface area contributed by atoms with Crippen LogP contribution >= 0.6 is 0 Å². The molecule has 5 nitrogen and oxygen atoms in total. The molecule has 0 bridgehead atoms. The van der Waals surface area contributed by atoms with E-state index in [2.05, 4.69) is 5.32 Å². The largest absolute Gasteiger partial charge is 0.486 e. The van der Waals surface area contributed by atoms with E-state index in [-0.39, 0.29) is 5.97 Å². The van der Waals surface area contributed by atoms with Gasteiger partial charge in [0.15, 0.2) is 11.5 Å². The van der Waals surface area contributed by atoms with Gasteiger partial charge in [0.25, 0.3) is 0 Å². The van der Waals surface area contributed by atoms with E-state index in [1.807, 2.05) is 25.1 Å². The highest BCUT2D eigenvalue weighted by Gasteiger charge is 2.22. The molecular formula is C18H23NO4. The van der Waals surface area contributed by atoms with Gasteiger partial charge in [-0.2, -0.15) is 0 Å². The van der Waals surface area contributed by atoms with Crippen molar-refractivity contribution in [3.8, 4) is 11.5 Å². The average molecular weight is 317 g/mol. The number of benzene rings is 1. The summed E-state index contributed by atoms with van der Waals surface area (Å²) in [6.45, 7) is 5.27. The summed E-state index contributed by atoms with van der Waals surface area (Å²) >= 11 is 0. The number of hydrogen-bond donors (Lipinski definition) is 1. The Morgan fingerprint density at radius 2 is 2.00 bits per heavy atom. The topological polar surface area (TPSA) is 56.8 Å². The molecule has 0 aliphatic carbocycles. The fraction of sp³-hybridized carbons (Fsp3) is 0.500. The van der Waals surface area contributed by atoms with Crippen LogP contribution < -0.4 is 14.8 Å². The van der Waals surface area contributed by atoms with Crippen LogP contribution in [-0.4, -0.2) is 38.9 Å². The van der Waals surface area contributed by atoms with Gasteiger partial charge in [0, 0.05) is 6.08 Å². The van der Waals surface area contributed by atoms with Gasteiger partial charge in [-0.25, -0.2) is 4.79 Å². The molecule has 1 saturated heterocycles. The third-order valence-corrected chi connectivity index (χ3v) is 4.21. The number of piperidine rings is 1. The molecule has 23 heavy (non-hydrogen) atoms. The Kier molecular flexibility index (Phi) is 5.18. The molecule has 2 heterocycles. The molecule has 2 aliphatic rings. The van der Waals surface area contributed by atoms with Gasteiger partial charge in [0.2, 0.25) is 0 Å². The zero-order valence-electron chi connectivity index (χ0n) is 13.5. The van der Waals surface area contributed by atoms with Crippen LogP contribution in [-0.2, 0) is 9.53 Å². The van der Waals surface area contributed by atoms with Crippen molar-refractivity contribution >= 4 is 11.5 Å². The van der Waals surface area contributed by atoms with Gasteiger partial charge in [0.1, 0.15) is 13.2 Å². The molecule has 1 aromatic rings. The predicted octanol–water partition coefficient (Wildman–Crippen LogP) is 2.40. The van der Waals surface area contributed by atoms with Crippen LogP contribution in [0.1, 0.15) is 25.3 Å². The molecular weight excluding hydrogens is 294 g/mol. The molecule has 0 amide bonds. The number of allylic oxidation sites excluding steroid dienone is 1. The van der Waals surface area contributed by atoms with Gasteiger partial charge in [0.05, 0.1) is 6.61 Å². The van der Waals surface area contributed by atoms with E-state index in [0.717, 1.165) is 48.6 Å². The summed E-state index contributed by atoms with van der Waals surface area (Å²) in [6.07, 6.45) is 3.67. The molecule has 0 spiro atoms. The fourth-order valence-electron chi connectivity index (χ4n) is 3.10. The lowest BCUT2D eigenvalue weighted by atomic mass is 9.85. The monoisotopic (exact) mass is 317 g/mol. The number of esters is 1. The van der Waals surface area contributed by atoms with Crippen LogP contribution in [0.2, 0.25) is 0 Å². The normalized spacial score (nSPS) is 18.6. The van der Waals surface area contributed by atoms with Gasteiger partial charge in [-0.05, 0) is 62.0 Å². The van der Waals surface area contributed by atoms with Gasteiger partial charge in [-0.3, -0.25) is 0 Å². The van der Waals surface area contributed by atoms with E-state index >= 15 is 0 Å². The molecule has 1 N–H and O–H groups in total. The summed E-state index contributed by atoms with van der Waals surface area (Å²) in [5, 5.41) is 3.36. The van der Waals surface area contributed by atoms with Crippen LogP contribution in [0.25, 0.3) is 5.57 Å². The average Bonchev–Trinajstić information content (AvgIpc) is 2.60. The van der Waals surface area contributed by atoms with Gasteiger partial charge in [-0.15, -0.1) is 0 Å². The Balaban J connectivity index is 1.92. The number of carbonyl (C=O) groups is 1. The molecule has 0 atom stereocenters. The molecule has 0 aromatic heterocycles. The quantitative estimate of drug-likeness (QED) is 0.683. The molecule has 124 valence electrons. The molecule has 5 heteroatoms. The Morgan fingerprint density at radius 1 is 1.26 bits per heavy atom. The molecule has 1 aromatic carbocycles. The summed E-state index contributed by atoms with van der Waals surface area (Å²) in [5.74, 6) is 1.58. The van der Waals surface area contributed by atoms with Crippen molar-refractivity contribution in [2.45, 2.75) is 19.8 Å². The first-order chi connectivity index (χ1) is 11.3. The maximum Gasteiger partial charge on any atom is 0.331 e. The van der Waals surface area contributed by atoms with E-state index in [4.69, 9.17) is 14.2 Å². The first kappa shape index (κ1) is 15.9. The second-order valence-electron chi connectivity index (χ2n) is 5.73. The van der Waals surface area contributed by atoms with E-state index in [9.17, 15) is 4.79 Å². The predicted molar refractivity (Wildman–Crippen MR) is 87.6 cm³/mol. The van der Waals surface area contributed by atoms with Gasteiger partial charge in [-0.1, -0.05) is 6.07 Å². The Hall–Kier alpha value is -2.01. The van der Waals surface area contributed by atoms with E-state index in [0.29, 0.717) is 25.7 Å². The summed E-state index contributed by atoms with van der Waals surface area (Å²) < 4.78 is 16.4. The number of hydrogen-bond acceptors (Lipinski definition) is 5. The SMILES string of the molecule is CCOC(=O)/C=C(\c1ccc2c(c1)OCCO2)C1CCNCC1. The zero-order valence-corrected chi connectivity index (χ0v) is 13.5. The fourth-order valence-corrected chi connectivity index (χ4v) is 3.10. The highest BCUT2D eigenvalue weighted by Crippen LogP contribution is 2.37. The van der Waals surface area contributed by atoms with Crippen LogP contribution in [0.5, 0.6) is 11.5 Å². The van der Waals surface area contributed by atoms with Gasteiger partial charge >= 0.3 is 5.97 Å². The third kappa shape index (κ3) is 3.85. The smallest absolute Gasteiger partial charge is 0.331 e. The summed E-state index contributed by atoms with van der Waals surface area (Å²) in [6, 6.07) is 5.89. The number of ether oxygens (including phenoxy) is 3. The minimum absolute atomic E-state index is 0.282. The minimum Gasteiger partial charge on any atom is -0.486 e. The molecule has 1 fully saturated rings. The maximum atomic E-state index is 12.0. The summed E-state index contributed by atoms with van der Waals surface area (Å²) in [4.78, 5) is 12.0. The lowest BCUT2D eigenvalue weighted by molar-refractivity contribution is -0.137. The Labute approximate surface area is 136 Å². The molecule has 0 saturated carbocycles. The molecule has 0 radical (unpaired) electrons. The van der Waals surface area contributed by atoms with Crippen LogP contribution in [0.4, 0.5) is 0 Å². The lowest BCUT2D eigenvalue weighted by Crippen LogP contribution is -2.28. The Morgan fingerprint density at radius 3 is 2.74 bits per heavy atom. The van der Waals surface area contributed by atoms with Crippen molar-refractivity contribution in [2.24, 2.45) is 5.92 Å². The number of fused-ring (bicyclic) bond motifs is 1. The van der Waals surface area contributed by atoms with Crippen molar-refractivity contribution in [3.63, 3.8) is 0 Å². The molecule has 2 aliphatic heterocycles. The number of carbonyl (C=O) groups excluding carboxylic acids is 1. The van der Waals surface area contributed by atoms with Crippen LogP contribution in [0.3, 0.4) is 0 Å². The van der Waals surface area contributed by atoms with Crippen molar-refractivity contribution < 1.29 is 19.0 Å². The van der Waals surface area contributed by atoms with Gasteiger partial charge < -0.3 is 19.5 Å². The van der Waals surface area contributed by atoms with Crippen molar-refractivity contribution in [3.05, 3.63) is 29.8 Å². The standard InChI is InChI=1S/C18H23NO4/c1-2-21-18(20)12-15(13-5-7-19-8-6-13)14-3-4-16-17(11-14)23-10-9-22-16/h3-4,11-13,19H,2,5-10H2,1H3/b15-12-. The lowest BCUT2D eigenvalue weighted by Gasteiger charge is -2.26.